The van der Waals surface area contributed by atoms with Crippen molar-refractivity contribution < 1.29 is 4.79 Å². The first-order valence-electron chi connectivity index (χ1n) is 3.71. The summed E-state index contributed by atoms with van der Waals surface area (Å²) in [5.41, 5.74) is 0. The molecule has 0 N–H and O–H groups in total. The van der Waals surface area contributed by atoms with Gasteiger partial charge in [-0.1, -0.05) is 0 Å². The molecule has 0 aromatic carbocycles. The third-order valence-corrected chi connectivity index (χ3v) is 3.52. The fourth-order valence-electron chi connectivity index (χ4n) is 0.850. The summed E-state index contributed by atoms with van der Waals surface area (Å²) in [4.78, 5) is 13.0. The van der Waals surface area contributed by atoms with Crippen molar-refractivity contribution in [1.82, 2.24) is 0 Å². The van der Waals surface area contributed by atoms with Crippen LogP contribution in [0.3, 0.4) is 0 Å². The van der Waals surface area contributed by atoms with Crippen molar-refractivity contribution in [3.63, 3.8) is 0 Å². The highest BCUT2D eigenvalue weighted by molar-refractivity contribution is 9.10. The summed E-state index contributed by atoms with van der Waals surface area (Å²) < 4.78 is 0.998. The molecule has 72 valence electrons. The van der Waals surface area contributed by atoms with Gasteiger partial charge in [0, 0.05) is 29.2 Å². The van der Waals surface area contributed by atoms with Crippen LogP contribution in [-0.2, 0) is 4.79 Å². The molecule has 0 radical (unpaired) electrons. The molecule has 0 saturated heterocycles. The van der Waals surface area contributed by atoms with Crippen LogP contribution in [0.15, 0.2) is 15.9 Å². The summed E-state index contributed by atoms with van der Waals surface area (Å²) in [6.45, 7) is 0. The first kappa shape index (κ1) is 11.0. The normalized spacial score (nSPS) is 10.1. The van der Waals surface area contributed by atoms with E-state index in [0.29, 0.717) is 12.3 Å². The van der Waals surface area contributed by atoms with Crippen LogP contribution in [0.1, 0.15) is 6.42 Å². The number of hydrogen-bond acceptors (Lipinski definition) is 2. The van der Waals surface area contributed by atoms with Crippen molar-refractivity contribution in [2.75, 3.05) is 17.8 Å². The zero-order chi connectivity index (χ0) is 9.84. The molecule has 2 nitrogen and oxygen atoms in total. The molecule has 13 heavy (non-hydrogen) atoms. The number of hydrogen-bond donors (Lipinski definition) is 0. The Morgan fingerprint density at radius 2 is 2.46 bits per heavy atom. The molecule has 0 atom stereocenters. The lowest BCUT2D eigenvalue weighted by molar-refractivity contribution is -0.117. The number of amides is 1. The van der Waals surface area contributed by atoms with Crippen LogP contribution in [0, 0.1) is 0 Å². The van der Waals surface area contributed by atoms with E-state index in [2.05, 4.69) is 15.9 Å². The van der Waals surface area contributed by atoms with Gasteiger partial charge in [-0.2, -0.15) is 0 Å². The Bertz CT molecular complexity index is 302. The summed E-state index contributed by atoms with van der Waals surface area (Å²) in [6, 6.07) is 1.91. The standard InChI is InChI=1S/C8H9BrClNOS/c1-11(7(12)2-3-10)8-4-6(9)5-13-8/h4-5H,2-3H2,1H3. The molecule has 1 aromatic rings. The van der Waals surface area contributed by atoms with Crippen LogP contribution >= 0.6 is 38.9 Å². The molecule has 0 aliphatic heterocycles. The fraction of sp³-hybridized carbons (Fsp3) is 0.375. The minimum Gasteiger partial charge on any atom is -0.307 e. The van der Waals surface area contributed by atoms with Gasteiger partial charge in [0.2, 0.25) is 5.91 Å². The van der Waals surface area contributed by atoms with Gasteiger partial charge in [0.25, 0.3) is 0 Å². The summed E-state index contributed by atoms with van der Waals surface area (Å²) in [6.07, 6.45) is 0.383. The average molecular weight is 283 g/mol. The van der Waals surface area contributed by atoms with E-state index >= 15 is 0 Å². The number of anilines is 1. The monoisotopic (exact) mass is 281 g/mol. The van der Waals surface area contributed by atoms with Gasteiger partial charge in [-0.05, 0) is 22.0 Å². The summed E-state index contributed by atoms with van der Waals surface area (Å²) in [5.74, 6) is 0.416. The van der Waals surface area contributed by atoms with E-state index in [4.69, 9.17) is 11.6 Å². The Morgan fingerprint density at radius 1 is 1.77 bits per heavy atom. The number of rotatable bonds is 3. The Morgan fingerprint density at radius 3 is 2.92 bits per heavy atom. The van der Waals surface area contributed by atoms with Crippen molar-refractivity contribution in [1.29, 1.82) is 0 Å². The maximum atomic E-state index is 11.4. The van der Waals surface area contributed by atoms with Gasteiger partial charge in [-0.25, -0.2) is 0 Å². The van der Waals surface area contributed by atoms with E-state index in [0.717, 1.165) is 9.47 Å². The largest absolute Gasteiger partial charge is 0.307 e. The van der Waals surface area contributed by atoms with E-state index in [-0.39, 0.29) is 5.91 Å². The molecule has 5 heteroatoms. The van der Waals surface area contributed by atoms with E-state index in [1.165, 1.54) is 11.3 Å². The third kappa shape index (κ3) is 2.97. The highest BCUT2D eigenvalue weighted by atomic mass is 79.9. The lowest BCUT2D eigenvalue weighted by atomic mass is 10.4. The molecule has 0 bridgehead atoms. The Hall–Kier alpha value is -0.0600. The second kappa shape index (κ2) is 4.98. The first-order valence-corrected chi connectivity index (χ1v) is 5.92. The van der Waals surface area contributed by atoms with Crippen LogP contribution in [0.4, 0.5) is 5.00 Å². The molecular formula is C8H9BrClNOS. The minimum absolute atomic E-state index is 0.0457. The van der Waals surface area contributed by atoms with Crippen LogP contribution in [0.5, 0.6) is 0 Å². The van der Waals surface area contributed by atoms with E-state index in [9.17, 15) is 4.79 Å². The molecule has 0 saturated carbocycles. The molecular weight excluding hydrogens is 274 g/mol. The third-order valence-electron chi connectivity index (χ3n) is 1.57. The number of thiophene rings is 1. The zero-order valence-electron chi connectivity index (χ0n) is 7.09. The van der Waals surface area contributed by atoms with E-state index in [1.807, 2.05) is 11.4 Å². The number of nitrogens with zero attached hydrogens (tertiary/aromatic N) is 1. The van der Waals surface area contributed by atoms with Gasteiger partial charge < -0.3 is 4.90 Å². The molecule has 1 heterocycles. The second-order valence-corrected chi connectivity index (χ2v) is 4.68. The van der Waals surface area contributed by atoms with Crippen molar-refractivity contribution in [2.24, 2.45) is 0 Å². The maximum Gasteiger partial charge on any atom is 0.228 e. The van der Waals surface area contributed by atoms with Crippen molar-refractivity contribution in [3.05, 3.63) is 15.9 Å². The molecule has 0 fully saturated rings. The minimum atomic E-state index is 0.0457. The molecule has 0 aliphatic carbocycles. The Kier molecular flexibility index (Phi) is 4.22. The number of carbonyl (C=O) groups is 1. The molecule has 0 unspecified atom stereocenters. The molecule has 1 rings (SSSR count). The smallest absolute Gasteiger partial charge is 0.228 e. The van der Waals surface area contributed by atoms with Crippen molar-refractivity contribution in [3.8, 4) is 0 Å². The first-order chi connectivity index (χ1) is 6.15. The Balaban J connectivity index is 2.67. The highest BCUT2D eigenvalue weighted by Crippen LogP contribution is 2.27. The van der Waals surface area contributed by atoms with Gasteiger partial charge in [0.05, 0.1) is 5.00 Å². The Labute approximate surface area is 94.6 Å². The highest BCUT2D eigenvalue weighted by Gasteiger charge is 2.11. The maximum absolute atomic E-state index is 11.4. The van der Waals surface area contributed by atoms with E-state index < -0.39 is 0 Å². The van der Waals surface area contributed by atoms with Crippen LogP contribution in [-0.4, -0.2) is 18.8 Å². The zero-order valence-corrected chi connectivity index (χ0v) is 10.2. The average Bonchev–Trinajstić information content (AvgIpc) is 2.51. The van der Waals surface area contributed by atoms with Gasteiger partial charge in [0.1, 0.15) is 0 Å². The predicted molar refractivity (Wildman–Crippen MR) is 60.8 cm³/mol. The molecule has 0 spiro atoms. The molecule has 1 amide bonds. The fourth-order valence-corrected chi connectivity index (χ4v) is 2.42. The second-order valence-electron chi connectivity index (χ2n) is 2.49. The van der Waals surface area contributed by atoms with Crippen LogP contribution < -0.4 is 4.90 Å². The van der Waals surface area contributed by atoms with Gasteiger partial charge in [-0.15, -0.1) is 22.9 Å². The SMILES string of the molecule is CN(C(=O)CCCl)c1cc(Br)cs1. The van der Waals surface area contributed by atoms with E-state index in [1.54, 1.807) is 11.9 Å². The number of alkyl halides is 1. The number of carbonyl (C=O) groups excluding carboxylic acids is 1. The predicted octanol–water partition coefficient (Wildman–Crippen LogP) is 3.10. The van der Waals surface area contributed by atoms with Crippen LogP contribution in [0.2, 0.25) is 0 Å². The van der Waals surface area contributed by atoms with Gasteiger partial charge in [0.15, 0.2) is 0 Å². The molecule has 0 aliphatic rings. The van der Waals surface area contributed by atoms with Crippen LogP contribution in [0.25, 0.3) is 0 Å². The number of halogens is 2. The van der Waals surface area contributed by atoms with Crippen molar-refractivity contribution in [2.45, 2.75) is 6.42 Å². The van der Waals surface area contributed by atoms with Gasteiger partial charge in [-0.3, -0.25) is 4.79 Å². The topological polar surface area (TPSA) is 20.3 Å². The lowest BCUT2D eigenvalue weighted by Crippen LogP contribution is -2.25. The van der Waals surface area contributed by atoms with Gasteiger partial charge >= 0.3 is 0 Å². The van der Waals surface area contributed by atoms with Crippen molar-refractivity contribution >= 4 is 49.8 Å². The lowest BCUT2D eigenvalue weighted by Gasteiger charge is -2.13. The molecule has 1 aromatic heterocycles. The quantitative estimate of drug-likeness (QED) is 0.780. The summed E-state index contributed by atoms with van der Waals surface area (Å²) in [7, 11) is 1.76. The summed E-state index contributed by atoms with van der Waals surface area (Å²) in [5, 5.41) is 2.88. The summed E-state index contributed by atoms with van der Waals surface area (Å²) >= 11 is 10.3.